The summed E-state index contributed by atoms with van der Waals surface area (Å²) in [6.07, 6.45) is 2.76. The Hall–Kier alpha value is -2.57. The van der Waals surface area contributed by atoms with E-state index in [2.05, 4.69) is 5.32 Å². The number of hydrogen-bond donors (Lipinski definition) is 2. The molecule has 2 aliphatic heterocycles. The molecule has 2 saturated heterocycles. The van der Waals surface area contributed by atoms with Gasteiger partial charge in [-0.3, -0.25) is 9.59 Å². The van der Waals surface area contributed by atoms with Crippen LogP contribution in [0.4, 0.5) is 10.5 Å². The zero-order valence-electron chi connectivity index (χ0n) is 15.0. The van der Waals surface area contributed by atoms with Crippen LogP contribution in [0, 0.1) is 5.92 Å². The fraction of sp³-hybridized carbons (Fsp3) is 0.526. The van der Waals surface area contributed by atoms with Gasteiger partial charge in [-0.2, -0.15) is 0 Å². The normalized spacial score (nSPS) is 21.6. The SMILES string of the molecule is CC(NC(=O)N1CCCC(C(=O)O)C1)c1cccc(N2CCCC2=O)c1. The lowest BCUT2D eigenvalue weighted by Gasteiger charge is -2.32. The van der Waals surface area contributed by atoms with Crippen LogP contribution in [0.5, 0.6) is 0 Å². The molecule has 0 bridgehead atoms. The quantitative estimate of drug-likeness (QED) is 0.864. The summed E-state index contributed by atoms with van der Waals surface area (Å²) in [5.74, 6) is -1.21. The highest BCUT2D eigenvalue weighted by Gasteiger charge is 2.29. The van der Waals surface area contributed by atoms with Crippen molar-refractivity contribution in [2.24, 2.45) is 5.92 Å². The number of benzene rings is 1. The Balaban J connectivity index is 1.64. The molecule has 1 aromatic carbocycles. The molecule has 0 saturated carbocycles. The molecule has 7 nitrogen and oxygen atoms in total. The lowest BCUT2D eigenvalue weighted by atomic mass is 9.98. The van der Waals surface area contributed by atoms with Gasteiger partial charge in [0.15, 0.2) is 0 Å². The molecular formula is C19H25N3O4. The number of carbonyl (C=O) groups excluding carboxylic acids is 2. The number of urea groups is 1. The number of nitrogens with one attached hydrogen (secondary N) is 1. The third kappa shape index (κ3) is 3.98. The number of likely N-dealkylation sites (tertiary alicyclic amines) is 1. The van der Waals surface area contributed by atoms with Crippen LogP contribution in [0.25, 0.3) is 0 Å². The van der Waals surface area contributed by atoms with E-state index in [0.717, 1.165) is 24.2 Å². The number of nitrogens with zero attached hydrogens (tertiary/aromatic N) is 2. The van der Waals surface area contributed by atoms with Gasteiger partial charge in [0.2, 0.25) is 5.91 Å². The third-order valence-electron chi connectivity index (χ3n) is 5.15. The molecule has 1 aromatic rings. The summed E-state index contributed by atoms with van der Waals surface area (Å²) in [5.41, 5.74) is 1.78. The molecule has 2 N–H and O–H groups in total. The van der Waals surface area contributed by atoms with Crippen LogP contribution in [0.2, 0.25) is 0 Å². The Labute approximate surface area is 153 Å². The van der Waals surface area contributed by atoms with Crippen LogP contribution < -0.4 is 10.2 Å². The smallest absolute Gasteiger partial charge is 0.317 e. The minimum Gasteiger partial charge on any atom is -0.481 e. The largest absolute Gasteiger partial charge is 0.481 e. The number of amides is 3. The van der Waals surface area contributed by atoms with E-state index in [9.17, 15) is 14.4 Å². The first kappa shape index (κ1) is 18.2. The van der Waals surface area contributed by atoms with Gasteiger partial charge in [-0.25, -0.2) is 4.79 Å². The van der Waals surface area contributed by atoms with Gasteiger partial charge in [-0.1, -0.05) is 12.1 Å². The van der Waals surface area contributed by atoms with Crippen molar-refractivity contribution in [2.45, 2.75) is 38.6 Å². The minimum atomic E-state index is -0.849. The highest BCUT2D eigenvalue weighted by molar-refractivity contribution is 5.95. The summed E-state index contributed by atoms with van der Waals surface area (Å²) >= 11 is 0. The van der Waals surface area contributed by atoms with E-state index in [1.165, 1.54) is 0 Å². The number of anilines is 1. The minimum absolute atomic E-state index is 0.131. The average molecular weight is 359 g/mol. The molecule has 0 aliphatic carbocycles. The standard InChI is InChI=1S/C19H25N3O4/c1-13(20-19(26)21-9-3-6-15(12-21)18(24)25)14-5-2-7-16(11-14)22-10-4-8-17(22)23/h2,5,7,11,13,15H,3-4,6,8-10,12H2,1H3,(H,20,26)(H,24,25). The van der Waals surface area contributed by atoms with Gasteiger partial charge in [0.1, 0.15) is 0 Å². The number of piperidine rings is 1. The Morgan fingerprint density at radius 1 is 1.27 bits per heavy atom. The van der Waals surface area contributed by atoms with Gasteiger partial charge in [-0.05, 0) is 43.9 Å². The molecule has 0 aromatic heterocycles. The van der Waals surface area contributed by atoms with Crippen LogP contribution >= 0.6 is 0 Å². The topological polar surface area (TPSA) is 89.9 Å². The number of carboxylic acid groups (broad SMARTS) is 1. The van der Waals surface area contributed by atoms with Crippen molar-refractivity contribution in [1.29, 1.82) is 0 Å². The van der Waals surface area contributed by atoms with Crippen molar-refractivity contribution in [3.8, 4) is 0 Å². The van der Waals surface area contributed by atoms with Crippen LogP contribution in [0.15, 0.2) is 24.3 Å². The van der Waals surface area contributed by atoms with E-state index in [-0.39, 0.29) is 24.5 Å². The lowest BCUT2D eigenvalue weighted by Crippen LogP contribution is -2.47. The molecule has 2 unspecified atom stereocenters. The maximum atomic E-state index is 12.5. The Morgan fingerprint density at radius 2 is 2.08 bits per heavy atom. The molecule has 140 valence electrons. The van der Waals surface area contributed by atoms with Gasteiger partial charge in [0, 0.05) is 31.7 Å². The first-order chi connectivity index (χ1) is 12.5. The zero-order valence-corrected chi connectivity index (χ0v) is 15.0. The number of aliphatic carboxylic acids is 1. The maximum Gasteiger partial charge on any atom is 0.317 e. The van der Waals surface area contributed by atoms with Crippen LogP contribution in [0.1, 0.15) is 44.2 Å². The monoisotopic (exact) mass is 359 g/mol. The molecule has 7 heteroatoms. The van der Waals surface area contributed by atoms with E-state index >= 15 is 0 Å². The Bertz CT molecular complexity index is 706. The van der Waals surface area contributed by atoms with E-state index in [4.69, 9.17) is 5.11 Å². The lowest BCUT2D eigenvalue weighted by molar-refractivity contribution is -0.143. The molecule has 3 amide bonds. The maximum absolute atomic E-state index is 12.5. The van der Waals surface area contributed by atoms with Crippen molar-refractivity contribution >= 4 is 23.6 Å². The van der Waals surface area contributed by atoms with E-state index < -0.39 is 11.9 Å². The first-order valence-electron chi connectivity index (χ1n) is 9.14. The summed E-state index contributed by atoms with van der Waals surface area (Å²) in [4.78, 5) is 38.9. The fourth-order valence-electron chi connectivity index (χ4n) is 3.61. The van der Waals surface area contributed by atoms with Crippen molar-refractivity contribution in [3.05, 3.63) is 29.8 Å². The van der Waals surface area contributed by atoms with Crippen molar-refractivity contribution in [2.75, 3.05) is 24.5 Å². The van der Waals surface area contributed by atoms with Crippen LogP contribution in [-0.4, -0.2) is 47.5 Å². The second kappa shape index (κ2) is 7.76. The van der Waals surface area contributed by atoms with Crippen LogP contribution in [0.3, 0.4) is 0 Å². The molecule has 2 atom stereocenters. The highest BCUT2D eigenvalue weighted by Crippen LogP contribution is 2.25. The highest BCUT2D eigenvalue weighted by atomic mass is 16.4. The zero-order chi connectivity index (χ0) is 18.7. The number of carbonyl (C=O) groups is 3. The average Bonchev–Trinajstić information content (AvgIpc) is 3.07. The molecule has 2 aliphatic rings. The number of rotatable bonds is 4. The molecule has 2 fully saturated rings. The van der Waals surface area contributed by atoms with Gasteiger partial charge in [0.25, 0.3) is 0 Å². The van der Waals surface area contributed by atoms with E-state index in [1.807, 2.05) is 31.2 Å². The number of carboxylic acids is 1. The molecular weight excluding hydrogens is 334 g/mol. The van der Waals surface area contributed by atoms with Crippen molar-refractivity contribution < 1.29 is 19.5 Å². The number of hydrogen-bond acceptors (Lipinski definition) is 3. The summed E-state index contributed by atoms with van der Waals surface area (Å²) in [5, 5.41) is 12.1. The molecule has 26 heavy (non-hydrogen) atoms. The molecule has 3 rings (SSSR count). The fourth-order valence-corrected chi connectivity index (χ4v) is 3.61. The van der Waals surface area contributed by atoms with Gasteiger partial charge in [0.05, 0.1) is 12.0 Å². The van der Waals surface area contributed by atoms with E-state index in [0.29, 0.717) is 25.8 Å². The Kier molecular flexibility index (Phi) is 5.44. The van der Waals surface area contributed by atoms with Gasteiger partial charge >= 0.3 is 12.0 Å². The second-order valence-corrected chi connectivity index (χ2v) is 7.04. The van der Waals surface area contributed by atoms with Gasteiger partial charge in [-0.15, -0.1) is 0 Å². The molecule has 0 radical (unpaired) electrons. The molecule has 2 heterocycles. The summed E-state index contributed by atoms with van der Waals surface area (Å²) < 4.78 is 0. The predicted octanol–water partition coefficient (Wildman–Crippen LogP) is 2.38. The summed E-state index contributed by atoms with van der Waals surface area (Å²) in [6, 6.07) is 7.18. The van der Waals surface area contributed by atoms with Gasteiger partial charge < -0.3 is 20.2 Å². The first-order valence-corrected chi connectivity index (χ1v) is 9.14. The molecule has 0 spiro atoms. The summed E-state index contributed by atoms with van der Waals surface area (Å²) in [7, 11) is 0. The van der Waals surface area contributed by atoms with Crippen molar-refractivity contribution in [1.82, 2.24) is 10.2 Å². The third-order valence-corrected chi connectivity index (χ3v) is 5.15. The predicted molar refractivity (Wildman–Crippen MR) is 96.9 cm³/mol. The van der Waals surface area contributed by atoms with E-state index in [1.54, 1.807) is 9.80 Å². The Morgan fingerprint density at radius 3 is 2.77 bits per heavy atom. The van der Waals surface area contributed by atoms with Crippen LogP contribution in [-0.2, 0) is 9.59 Å². The van der Waals surface area contributed by atoms with Crippen molar-refractivity contribution in [3.63, 3.8) is 0 Å². The second-order valence-electron chi connectivity index (χ2n) is 7.04. The summed E-state index contributed by atoms with van der Waals surface area (Å²) in [6.45, 7) is 3.44.